The zero-order valence-electron chi connectivity index (χ0n) is 22.4. The molecule has 6 rings (SSSR count). The predicted molar refractivity (Wildman–Crippen MR) is 136 cm³/mol. The van der Waals surface area contributed by atoms with Crippen LogP contribution in [0.2, 0.25) is 0 Å². The Morgan fingerprint density at radius 3 is 2.30 bits per heavy atom. The largest absolute Gasteiger partial charge is 0.418 e. The van der Waals surface area contributed by atoms with Crippen LogP contribution >= 0.6 is 0 Å². The Hall–Kier alpha value is -2.09. The van der Waals surface area contributed by atoms with E-state index in [2.05, 4.69) is 22.8 Å². The molecule has 222 valence electrons. The van der Waals surface area contributed by atoms with E-state index in [-0.39, 0.29) is 42.9 Å². The van der Waals surface area contributed by atoms with Crippen molar-refractivity contribution in [2.24, 2.45) is 23.7 Å². The van der Waals surface area contributed by atoms with Crippen LogP contribution in [0.5, 0.6) is 0 Å². The first-order valence-corrected chi connectivity index (χ1v) is 14.2. The van der Waals surface area contributed by atoms with Gasteiger partial charge in [0.15, 0.2) is 0 Å². The number of fused-ring (bicyclic) bond motifs is 1. The van der Waals surface area contributed by atoms with Crippen molar-refractivity contribution in [2.45, 2.75) is 76.1 Å². The monoisotopic (exact) mass is 574 g/mol. The summed E-state index contributed by atoms with van der Waals surface area (Å²) in [6.07, 6.45) is 0.781. The fourth-order valence-corrected chi connectivity index (χ4v) is 7.40. The number of rotatable bonds is 6. The summed E-state index contributed by atoms with van der Waals surface area (Å²) >= 11 is 0. The average Bonchev–Trinajstić information content (AvgIpc) is 3.39. The molecule has 0 aromatic carbocycles. The van der Waals surface area contributed by atoms with Crippen molar-refractivity contribution in [3.05, 3.63) is 40.1 Å². The maximum Gasteiger partial charge on any atom is 0.418 e. The summed E-state index contributed by atoms with van der Waals surface area (Å²) in [5.41, 5.74) is 5.15. The number of imidazole rings is 1. The van der Waals surface area contributed by atoms with Crippen molar-refractivity contribution >= 4 is 5.52 Å². The van der Waals surface area contributed by atoms with Crippen molar-refractivity contribution < 1.29 is 26.3 Å². The van der Waals surface area contributed by atoms with Gasteiger partial charge in [0.25, 0.3) is 0 Å². The van der Waals surface area contributed by atoms with Crippen molar-refractivity contribution in [1.29, 1.82) is 0 Å². The fraction of sp³-hybridized carbons (Fsp3) is 0.741. The van der Waals surface area contributed by atoms with Gasteiger partial charge in [-0.05, 0) is 55.7 Å². The molecule has 13 heteroatoms. The fourth-order valence-electron chi connectivity index (χ4n) is 7.40. The van der Waals surface area contributed by atoms with E-state index in [1.807, 2.05) is 0 Å². The highest BCUT2D eigenvalue weighted by atomic mass is 19.4. The van der Waals surface area contributed by atoms with Crippen LogP contribution in [0.15, 0.2) is 23.3 Å². The molecule has 2 N–H and O–H groups in total. The van der Waals surface area contributed by atoms with Gasteiger partial charge in [-0.3, -0.25) is 18.8 Å². The summed E-state index contributed by atoms with van der Waals surface area (Å²) in [6.45, 7) is 0.148. The second-order valence-corrected chi connectivity index (χ2v) is 12.3. The number of nitrogens with one attached hydrogen (secondary N) is 2. The van der Waals surface area contributed by atoms with Crippen LogP contribution < -0.4 is 16.5 Å². The minimum atomic E-state index is -4.71. The highest BCUT2D eigenvalue weighted by Gasteiger charge is 2.47. The van der Waals surface area contributed by atoms with Gasteiger partial charge in [-0.2, -0.15) is 26.3 Å². The third-order valence-corrected chi connectivity index (χ3v) is 9.72. The summed E-state index contributed by atoms with van der Waals surface area (Å²) in [7, 11) is 2.08. The second-order valence-electron chi connectivity index (χ2n) is 12.3. The van der Waals surface area contributed by atoms with Crippen LogP contribution in [-0.4, -0.2) is 57.9 Å². The van der Waals surface area contributed by atoms with Crippen molar-refractivity contribution in [3.63, 3.8) is 0 Å². The molecule has 0 spiro atoms. The Kier molecular flexibility index (Phi) is 7.24. The SMILES string of the molecule is CN1CNNC1[C@H](C1CCC1)C1CCCC(n2cc3c(C(F)(F)F)cc(CN4CC(C(F)(F)F)C4)cn3c2=O)C1. The van der Waals surface area contributed by atoms with E-state index < -0.39 is 29.5 Å². The molecule has 4 fully saturated rings. The normalized spacial score (nSPS) is 28.6. The molecule has 3 unspecified atom stereocenters. The van der Waals surface area contributed by atoms with E-state index in [0.717, 1.165) is 42.8 Å². The summed E-state index contributed by atoms with van der Waals surface area (Å²) in [5, 5.41) is 0. The number of hydrogen-bond acceptors (Lipinski definition) is 5. The van der Waals surface area contributed by atoms with Crippen molar-refractivity contribution in [3.8, 4) is 0 Å². The summed E-state index contributed by atoms with van der Waals surface area (Å²) in [4.78, 5) is 17.3. The Morgan fingerprint density at radius 2 is 1.70 bits per heavy atom. The zero-order chi connectivity index (χ0) is 28.4. The molecule has 0 amide bonds. The van der Waals surface area contributed by atoms with E-state index in [9.17, 15) is 31.1 Å². The van der Waals surface area contributed by atoms with E-state index in [1.165, 1.54) is 41.1 Å². The van der Waals surface area contributed by atoms with Crippen LogP contribution in [0, 0.1) is 23.7 Å². The molecule has 2 aromatic heterocycles. The van der Waals surface area contributed by atoms with Crippen LogP contribution in [0.25, 0.3) is 5.52 Å². The first kappa shape index (κ1) is 28.0. The molecular formula is C27H36F6N6O. The van der Waals surface area contributed by atoms with Crippen molar-refractivity contribution in [2.75, 3.05) is 26.8 Å². The Morgan fingerprint density at radius 1 is 1.00 bits per heavy atom. The highest BCUT2D eigenvalue weighted by molar-refractivity contribution is 5.56. The number of likely N-dealkylation sites (tertiary alicyclic amines) is 1. The maximum absolute atomic E-state index is 14.1. The number of alkyl halides is 6. The quantitative estimate of drug-likeness (QED) is 0.495. The van der Waals surface area contributed by atoms with Gasteiger partial charge in [-0.25, -0.2) is 15.6 Å². The molecule has 7 nitrogen and oxygen atoms in total. The highest BCUT2D eigenvalue weighted by Crippen LogP contribution is 2.47. The second kappa shape index (κ2) is 10.3. The number of hydrazine groups is 1. The Bertz CT molecular complexity index is 1280. The van der Waals surface area contributed by atoms with Crippen LogP contribution in [0.4, 0.5) is 26.3 Å². The number of aromatic nitrogens is 2. The third-order valence-electron chi connectivity index (χ3n) is 9.72. The van der Waals surface area contributed by atoms with Gasteiger partial charge in [0.1, 0.15) is 0 Å². The summed E-state index contributed by atoms with van der Waals surface area (Å²) < 4.78 is 83.6. The third kappa shape index (κ3) is 5.18. The molecule has 4 aliphatic rings. The predicted octanol–water partition coefficient (Wildman–Crippen LogP) is 4.58. The van der Waals surface area contributed by atoms with Gasteiger partial charge < -0.3 is 0 Å². The first-order valence-electron chi connectivity index (χ1n) is 14.2. The minimum Gasteiger partial charge on any atom is -0.298 e. The number of halogens is 6. The Labute approximate surface area is 228 Å². The van der Waals surface area contributed by atoms with Gasteiger partial charge in [0.05, 0.1) is 29.8 Å². The van der Waals surface area contributed by atoms with Crippen LogP contribution in [0.1, 0.15) is 62.1 Å². The van der Waals surface area contributed by atoms with Gasteiger partial charge in [-0.15, -0.1) is 0 Å². The Balaban J connectivity index is 1.28. The molecule has 0 radical (unpaired) electrons. The molecule has 4 heterocycles. The molecule has 2 saturated carbocycles. The standard InChI is InChI=1S/C27H36F6N6O/c1-36-15-34-35-24(36)23(17-4-2-5-17)18-6-3-7-20(9-18)38-14-22-21(27(31,32)33)8-16(11-39(22)25(38)40)10-37-12-19(13-37)26(28,29)30/h8,11,14,17-20,23-24,34-35H,2-7,9-10,12-13,15H2,1H3/t18?,20?,23-,24?/m1/s1. The molecule has 4 atom stereocenters. The van der Waals surface area contributed by atoms with Crippen molar-refractivity contribution in [1.82, 2.24) is 29.6 Å². The maximum atomic E-state index is 14.1. The smallest absolute Gasteiger partial charge is 0.298 e. The lowest BCUT2D eigenvalue weighted by Gasteiger charge is -2.46. The van der Waals surface area contributed by atoms with Gasteiger partial charge in [0, 0.05) is 38.1 Å². The zero-order valence-corrected chi connectivity index (χ0v) is 22.4. The molecule has 2 aliphatic heterocycles. The lowest BCUT2D eigenvalue weighted by molar-refractivity contribution is -0.210. The lowest BCUT2D eigenvalue weighted by Crippen LogP contribution is -2.52. The first-order chi connectivity index (χ1) is 18.9. The average molecular weight is 575 g/mol. The lowest BCUT2D eigenvalue weighted by atomic mass is 9.65. The van der Waals surface area contributed by atoms with E-state index in [0.29, 0.717) is 17.8 Å². The molecule has 40 heavy (non-hydrogen) atoms. The van der Waals surface area contributed by atoms with E-state index in [4.69, 9.17) is 0 Å². The molecular weight excluding hydrogens is 538 g/mol. The van der Waals surface area contributed by atoms with Crippen LogP contribution in [-0.2, 0) is 12.7 Å². The van der Waals surface area contributed by atoms with Gasteiger partial charge in [0.2, 0.25) is 0 Å². The van der Waals surface area contributed by atoms with Gasteiger partial charge in [-0.1, -0.05) is 25.7 Å². The molecule has 2 aromatic rings. The summed E-state index contributed by atoms with van der Waals surface area (Å²) in [6, 6.07) is 0.770. The number of hydrogen-bond donors (Lipinski definition) is 2. The molecule has 2 aliphatic carbocycles. The minimum absolute atomic E-state index is 0.0757. The van der Waals surface area contributed by atoms with Crippen LogP contribution in [0.3, 0.4) is 0 Å². The molecule has 2 saturated heterocycles. The van der Waals surface area contributed by atoms with Gasteiger partial charge >= 0.3 is 18.0 Å². The number of pyridine rings is 1. The number of nitrogens with zero attached hydrogens (tertiary/aromatic N) is 4. The van der Waals surface area contributed by atoms with E-state index >= 15 is 0 Å². The summed E-state index contributed by atoms with van der Waals surface area (Å²) in [5.74, 6) is -0.158. The van der Waals surface area contributed by atoms with E-state index in [1.54, 1.807) is 0 Å². The topological polar surface area (TPSA) is 56.9 Å². The molecule has 0 bridgehead atoms.